The van der Waals surface area contributed by atoms with E-state index in [0.29, 0.717) is 13.0 Å². The maximum atomic E-state index is 14.0. The number of fused-ring (bicyclic) bond motifs is 2. The van der Waals surface area contributed by atoms with Crippen LogP contribution in [-0.4, -0.2) is 54.1 Å². The van der Waals surface area contributed by atoms with Gasteiger partial charge in [0.05, 0.1) is 25.3 Å². The minimum absolute atomic E-state index is 0.180. The molecule has 0 saturated carbocycles. The molecule has 0 aromatic carbocycles. The number of rotatable bonds is 0. The number of alkyl halides is 1. The smallest absolute Gasteiger partial charge is 0.411 e. The lowest BCUT2D eigenvalue weighted by molar-refractivity contribution is -0.107. The largest absolute Gasteiger partial charge is 0.444 e. The predicted octanol–water partition coefficient (Wildman–Crippen LogP) is 1.06. The van der Waals surface area contributed by atoms with E-state index < -0.39 is 29.9 Å². The maximum absolute atomic E-state index is 14.0. The lowest BCUT2D eigenvalue weighted by Gasteiger charge is -2.48. The summed E-state index contributed by atoms with van der Waals surface area (Å²) in [5.74, 6) is 0. The van der Waals surface area contributed by atoms with Gasteiger partial charge in [0.25, 0.3) is 0 Å². The molecule has 1 amide bonds. The number of nitrogens with two attached hydrogens (primary N) is 1. The second kappa shape index (κ2) is 4.66. The summed E-state index contributed by atoms with van der Waals surface area (Å²) in [7, 11) is 0. The van der Waals surface area contributed by atoms with Crippen molar-refractivity contribution >= 4 is 6.09 Å². The van der Waals surface area contributed by atoms with E-state index >= 15 is 0 Å². The topological polar surface area (TPSA) is 64.8 Å². The summed E-state index contributed by atoms with van der Waals surface area (Å²) in [6.07, 6.45) is -1.32. The number of carbonyl (C=O) groups excluding carboxylic acids is 1. The highest BCUT2D eigenvalue weighted by Crippen LogP contribution is 2.30. The van der Waals surface area contributed by atoms with Crippen LogP contribution in [0.5, 0.6) is 0 Å². The van der Waals surface area contributed by atoms with Crippen molar-refractivity contribution < 1.29 is 18.7 Å². The fourth-order valence-electron chi connectivity index (χ4n) is 2.51. The summed E-state index contributed by atoms with van der Waals surface area (Å²) < 4.78 is 24.7. The highest BCUT2D eigenvalue weighted by atomic mass is 19.1. The van der Waals surface area contributed by atoms with Gasteiger partial charge in [-0.2, -0.15) is 0 Å². The molecule has 2 fully saturated rings. The van der Waals surface area contributed by atoms with Gasteiger partial charge in [-0.25, -0.2) is 9.18 Å². The average Bonchev–Trinajstić information content (AvgIpc) is 2.23. The summed E-state index contributed by atoms with van der Waals surface area (Å²) >= 11 is 0. The van der Waals surface area contributed by atoms with E-state index in [2.05, 4.69) is 0 Å². The molecule has 0 aromatic rings. The molecule has 2 heterocycles. The maximum Gasteiger partial charge on any atom is 0.411 e. The van der Waals surface area contributed by atoms with Crippen LogP contribution in [0.25, 0.3) is 0 Å². The third-order valence-corrected chi connectivity index (χ3v) is 3.27. The number of piperidine rings is 1. The Morgan fingerprint density at radius 1 is 1.44 bits per heavy atom. The molecule has 0 unspecified atom stereocenters. The molecular weight excluding hydrogens is 239 g/mol. The van der Waals surface area contributed by atoms with Crippen LogP contribution in [0.3, 0.4) is 0 Å². The summed E-state index contributed by atoms with van der Waals surface area (Å²) in [4.78, 5) is 13.6. The first kappa shape index (κ1) is 13.5. The van der Waals surface area contributed by atoms with Gasteiger partial charge >= 0.3 is 6.09 Å². The van der Waals surface area contributed by atoms with Gasteiger partial charge in [-0.05, 0) is 27.2 Å². The minimum atomic E-state index is -1.26. The Kier molecular flexibility index (Phi) is 3.51. The van der Waals surface area contributed by atoms with Gasteiger partial charge < -0.3 is 15.2 Å². The van der Waals surface area contributed by atoms with E-state index in [1.807, 2.05) is 0 Å². The Hall–Kier alpha value is -0.880. The normalized spacial score (nSPS) is 36.4. The lowest BCUT2D eigenvalue weighted by atomic mass is 9.89. The molecule has 2 aliphatic rings. The standard InChI is InChI=1S/C12H21FN2O3/c1-12(2,3)18-11(16)15-7-4-8(14)10(13)9(15)6-17-5-7/h7-10H,4-6,14H2,1-3H3/t7-,8+,9-,10+/m0/s1. The second-order valence-electron chi connectivity index (χ2n) is 5.99. The fourth-order valence-corrected chi connectivity index (χ4v) is 2.51. The van der Waals surface area contributed by atoms with Crippen molar-refractivity contribution in [2.75, 3.05) is 13.2 Å². The van der Waals surface area contributed by atoms with E-state index in [1.54, 1.807) is 20.8 Å². The number of nitrogens with zero attached hydrogens (tertiary/aromatic N) is 1. The Morgan fingerprint density at radius 2 is 2.11 bits per heavy atom. The third-order valence-electron chi connectivity index (χ3n) is 3.27. The van der Waals surface area contributed by atoms with E-state index in [4.69, 9.17) is 15.2 Å². The number of ether oxygens (including phenoxy) is 2. The van der Waals surface area contributed by atoms with Crippen LogP contribution in [0.1, 0.15) is 27.2 Å². The zero-order valence-corrected chi connectivity index (χ0v) is 11.1. The van der Waals surface area contributed by atoms with Crippen molar-refractivity contribution in [1.82, 2.24) is 4.90 Å². The number of halogens is 1. The van der Waals surface area contributed by atoms with Gasteiger partial charge in [0.2, 0.25) is 0 Å². The Labute approximate surface area is 106 Å². The van der Waals surface area contributed by atoms with E-state index in [0.717, 1.165) is 0 Å². The first-order valence-corrected chi connectivity index (χ1v) is 6.28. The molecule has 2 rings (SSSR count). The van der Waals surface area contributed by atoms with Crippen molar-refractivity contribution in [2.45, 2.75) is 57.1 Å². The van der Waals surface area contributed by atoms with Crippen molar-refractivity contribution in [3.63, 3.8) is 0 Å². The summed E-state index contributed by atoms with van der Waals surface area (Å²) in [6, 6.07) is -1.33. The monoisotopic (exact) mass is 260 g/mol. The number of amides is 1. The van der Waals surface area contributed by atoms with Gasteiger partial charge in [0, 0.05) is 6.04 Å². The molecule has 2 saturated heterocycles. The molecule has 5 nitrogen and oxygen atoms in total. The van der Waals surface area contributed by atoms with Gasteiger partial charge in [-0.3, -0.25) is 4.90 Å². The van der Waals surface area contributed by atoms with Gasteiger partial charge in [-0.15, -0.1) is 0 Å². The average molecular weight is 260 g/mol. The van der Waals surface area contributed by atoms with Crippen LogP contribution in [-0.2, 0) is 9.47 Å². The van der Waals surface area contributed by atoms with Crippen molar-refractivity contribution in [3.05, 3.63) is 0 Å². The number of morpholine rings is 1. The summed E-state index contributed by atoms with van der Waals surface area (Å²) in [5, 5.41) is 0. The Morgan fingerprint density at radius 3 is 2.72 bits per heavy atom. The van der Waals surface area contributed by atoms with Gasteiger partial charge in [0.1, 0.15) is 11.8 Å². The van der Waals surface area contributed by atoms with Crippen LogP contribution in [0.15, 0.2) is 0 Å². The zero-order chi connectivity index (χ0) is 13.5. The Balaban J connectivity index is 2.14. The molecule has 18 heavy (non-hydrogen) atoms. The molecule has 0 radical (unpaired) electrons. The molecule has 6 heteroatoms. The second-order valence-corrected chi connectivity index (χ2v) is 5.99. The zero-order valence-electron chi connectivity index (χ0n) is 11.1. The molecule has 2 N–H and O–H groups in total. The molecule has 0 aromatic heterocycles. The first-order valence-electron chi connectivity index (χ1n) is 6.28. The van der Waals surface area contributed by atoms with Gasteiger partial charge in [-0.1, -0.05) is 0 Å². The molecule has 0 spiro atoms. The number of carbonyl (C=O) groups is 1. The summed E-state index contributed by atoms with van der Waals surface area (Å²) in [5.41, 5.74) is 5.16. The first-order chi connectivity index (χ1) is 8.29. The van der Waals surface area contributed by atoms with Crippen molar-refractivity contribution in [3.8, 4) is 0 Å². The highest BCUT2D eigenvalue weighted by molar-refractivity contribution is 5.69. The number of hydrogen-bond donors (Lipinski definition) is 1. The summed E-state index contributed by atoms with van der Waals surface area (Å²) in [6.45, 7) is 5.96. The van der Waals surface area contributed by atoms with Crippen molar-refractivity contribution in [2.24, 2.45) is 5.73 Å². The SMILES string of the molecule is CC(C)(C)OC(=O)N1[C@@H]2COC[C@H]1[C@H](F)[C@H](N)C2. The molecule has 0 aliphatic carbocycles. The van der Waals surface area contributed by atoms with Crippen LogP contribution < -0.4 is 5.73 Å². The number of hydrogen-bond acceptors (Lipinski definition) is 4. The van der Waals surface area contributed by atoms with Gasteiger partial charge in [0.15, 0.2) is 0 Å². The quantitative estimate of drug-likeness (QED) is 0.707. The lowest BCUT2D eigenvalue weighted by Crippen LogP contribution is -2.67. The molecule has 2 aliphatic heterocycles. The third kappa shape index (κ3) is 2.59. The van der Waals surface area contributed by atoms with Crippen LogP contribution in [0.4, 0.5) is 9.18 Å². The molecule has 104 valence electrons. The predicted molar refractivity (Wildman–Crippen MR) is 64.0 cm³/mol. The highest BCUT2D eigenvalue weighted by Gasteiger charge is 2.48. The fraction of sp³-hybridized carbons (Fsp3) is 0.917. The van der Waals surface area contributed by atoms with E-state index in [-0.39, 0.29) is 12.6 Å². The minimum Gasteiger partial charge on any atom is -0.444 e. The van der Waals surface area contributed by atoms with E-state index in [1.165, 1.54) is 4.90 Å². The van der Waals surface area contributed by atoms with Crippen LogP contribution in [0, 0.1) is 0 Å². The van der Waals surface area contributed by atoms with Crippen molar-refractivity contribution in [1.29, 1.82) is 0 Å². The molecule has 4 atom stereocenters. The van der Waals surface area contributed by atoms with E-state index in [9.17, 15) is 9.18 Å². The Bertz CT molecular complexity index is 332. The molecular formula is C12H21FN2O3. The van der Waals surface area contributed by atoms with Crippen LogP contribution >= 0.6 is 0 Å². The molecule has 2 bridgehead atoms. The van der Waals surface area contributed by atoms with Crippen LogP contribution in [0.2, 0.25) is 0 Å².